The van der Waals surface area contributed by atoms with Crippen LogP contribution in [0.4, 0.5) is 5.69 Å². The molecule has 1 heterocycles. The Kier molecular flexibility index (Phi) is 4.71. The van der Waals surface area contributed by atoms with E-state index >= 15 is 0 Å². The molecule has 0 spiro atoms. The first-order valence-corrected chi connectivity index (χ1v) is 7.37. The molecule has 2 aromatic rings. The molecule has 108 valence electrons. The predicted molar refractivity (Wildman–Crippen MR) is 86.2 cm³/mol. The molecule has 0 radical (unpaired) electrons. The van der Waals surface area contributed by atoms with Crippen molar-refractivity contribution in [3.8, 4) is 5.75 Å². The van der Waals surface area contributed by atoms with Crippen LogP contribution in [0.2, 0.25) is 5.02 Å². The van der Waals surface area contributed by atoms with E-state index in [0.29, 0.717) is 10.9 Å². The summed E-state index contributed by atoms with van der Waals surface area (Å²) in [5.41, 5.74) is 2.89. The molecule has 0 aliphatic rings. The monoisotopic (exact) mass is 292 g/mol. The number of pyridine rings is 1. The second kappa shape index (κ2) is 6.31. The van der Waals surface area contributed by atoms with Gasteiger partial charge in [-0.2, -0.15) is 0 Å². The summed E-state index contributed by atoms with van der Waals surface area (Å²) < 4.78 is 5.43. The molecule has 20 heavy (non-hydrogen) atoms. The molecule has 1 aromatic carbocycles. The third kappa shape index (κ3) is 2.83. The molecule has 4 heteroatoms. The summed E-state index contributed by atoms with van der Waals surface area (Å²) >= 11 is 6.37. The van der Waals surface area contributed by atoms with Gasteiger partial charge < -0.3 is 10.1 Å². The Hall–Kier alpha value is -1.48. The van der Waals surface area contributed by atoms with E-state index in [1.54, 1.807) is 7.11 Å². The van der Waals surface area contributed by atoms with Crippen LogP contribution in [0.3, 0.4) is 0 Å². The van der Waals surface area contributed by atoms with Crippen molar-refractivity contribution in [3.63, 3.8) is 0 Å². The van der Waals surface area contributed by atoms with Gasteiger partial charge in [-0.3, -0.25) is 0 Å². The van der Waals surface area contributed by atoms with Gasteiger partial charge in [0, 0.05) is 23.3 Å². The maximum absolute atomic E-state index is 6.37. The number of methoxy groups -OCH3 is 1. The Morgan fingerprint density at radius 1 is 1.35 bits per heavy atom. The molecule has 0 bridgehead atoms. The van der Waals surface area contributed by atoms with Crippen LogP contribution in [-0.2, 0) is 0 Å². The van der Waals surface area contributed by atoms with Crippen LogP contribution in [0.5, 0.6) is 5.75 Å². The number of halogens is 1. The third-order valence-electron chi connectivity index (χ3n) is 3.27. The van der Waals surface area contributed by atoms with Crippen LogP contribution in [0.1, 0.15) is 38.8 Å². The second-order valence-electron chi connectivity index (χ2n) is 5.15. The van der Waals surface area contributed by atoms with Crippen LogP contribution in [0.15, 0.2) is 18.2 Å². The number of rotatable bonds is 5. The Morgan fingerprint density at radius 2 is 2.10 bits per heavy atom. The molecule has 0 unspecified atom stereocenters. The minimum absolute atomic E-state index is 0.352. The van der Waals surface area contributed by atoms with Crippen LogP contribution >= 0.6 is 11.6 Å². The number of benzene rings is 1. The maximum Gasteiger partial charge on any atom is 0.145 e. The average molecular weight is 293 g/mol. The van der Waals surface area contributed by atoms with Gasteiger partial charge in [-0.1, -0.05) is 32.4 Å². The lowest BCUT2D eigenvalue weighted by atomic mass is 10.1. The number of aromatic nitrogens is 1. The van der Waals surface area contributed by atoms with Crippen molar-refractivity contribution in [2.24, 2.45) is 0 Å². The van der Waals surface area contributed by atoms with Crippen molar-refractivity contribution < 1.29 is 4.74 Å². The van der Waals surface area contributed by atoms with E-state index in [1.165, 1.54) is 0 Å². The van der Waals surface area contributed by atoms with Crippen LogP contribution in [0, 0.1) is 0 Å². The van der Waals surface area contributed by atoms with Crippen molar-refractivity contribution in [2.75, 3.05) is 19.0 Å². The Bertz CT molecular complexity index is 611. The van der Waals surface area contributed by atoms with Gasteiger partial charge in [0.1, 0.15) is 11.3 Å². The van der Waals surface area contributed by atoms with Gasteiger partial charge in [-0.05, 0) is 30.5 Å². The summed E-state index contributed by atoms with van der Waals surface area (Å²) in [6, 6.07) is 5.82. The number of nitrogens with zero attached hydrogens (tertiary/aromatic N) is 1. The van der Waals surface area contributed by atoms with Crippen molar-refractivity contribution in [1.82, 2.24) is 4.98 Å². The largest absolute Gasteiger partial charge is 0.494 e. The van der Waals surface area contributed by atoms with Gasteiger partial charge in [0.25, 0.3) is 0 Å². The number of hydrogen-bond acceptors (Lipinski definition) is 3. The highest BCUT2D eigenvalue weighted by Crippen LogP contribution is 2.36. The molecule has 2 rings (SSSR count). The van der Waals surface area contributed by atoms with E-state index in [0.717, 1.165) is 41.0 Å². The normalized spacial score (nSPS) is 11.1. The van der Waals surface area contributed by atoms with Crippen LogP contribution in [0.25, 0.3) is 10.9 Å². The van der Waals surface area contributed by atoms with Gasteiger partial charge in [0.05, 0.1) is 12.1 Å². The summed E-state index contributed by atoms with van der Waals surface area (Å²) in [4.78, 5) is 4.73. The summed E-state index contributed by atoms with van der Waals surface area (Å²) in [5.74, 6) is 1.11. The van der Waals surface area contributed by atoms with Gasteiger partial charge in [-0.15, -0.1) is 0 Å². The predicted octanol–water partition coefficient (Wildman–Crippen LogP) is 4.84. The van der Waals surface area contributed by atoms with E-state index in [2.05, 4.69) is 32.2 Å². The third-order valence-corrected chi connectivity index (χ3v) is 3.58. The number of hydrogen-bond donors (Lipinski definition) is 1. The molecule has 0 aliphatic heterocycles. The van der Waals surface area contributed by atoms with Crippen molar-refractivity contribution in [2.45, 2.75) is 33.1 Å². The Labute approximate surface area is 125 Å². The second-order valence-corrected chi connectivity index (χ2v) is 5.56. The van der Waals surface area contributed by atoms with Crippen LogP contribution < -0.4 is 10.1 Å². The number of fused-ring (bicyclic) bond motifs is 1. The summed E-state index contributed by atoms with van der Waals surface area (Å²) in [5, 5.41) is 5.08. The highest BCUT2D eigenvalue weighted by molar-refractivity contribution is 6.36. The lowest BCUT2D eigenvalue weighted by molar-refractivity contribution is 0.419. The molecule has 1 N–H and O–H groups in total. The van der Waals surface area contributed by atoms with E-state index in [4.69, 9.17) is 21.3 Å². The topological polar surface area (TPSA) is 34.2 Å². The number of anilines is 1. The Balaban J connectivity index is 2.72. The first-order valence-electron chi connectivity index (χ1n) is 6.99. The van der Waals surface area contributed by atoms with Crippen LogP contribution in [-0.4, -0.2) is 18.6 Å². The zero-order valence-corrected chi connectivity index (χ0v) is 13.2. The summed E-state index contributed by atoms with van der Waals surface area (Å²) in [6.45, 7) is 7.32. The van der Waals surface area contributed by atoms with E-state index in [-0.39, 0.29) is 0 Å². The first-order chi connectivity index (χ1) is 9.58. The molecule has 0 saturated carbocycles. The molecule has 0 saturated heterocycles. The fraction of sp³-hybridized carbons (Fsp3) is 0.438. The van der Waals surface area contributed by atoms with E-state index in [1.807, 2.05) is 12.1 Å². The fourth-order valence-corrected chi connectivity index (χ4v) is 2.41. The highest BCUT2D eigenvalue weighted by atomic mass is 35.5. The van der Waals surface area contributed by atoms with Crippen molar-refractivity contribution in [1.29, 1.82) is 0 Å². The molecule has 0 fully saturated rings. The molecular formula is C16H21ClN2O. The maximum atomic E-state index is 6.37. The highest BCUT2D eigenvalue weighted by Gasteiger charge is 2.14. The van der Waals surface area contributed by atoms with Crippen molar-refractivity contribution in [3.05, 3.63) is 28.9 Å². The lowest BCUT2D eigenvalue weighted by Gasteiger charge is -2.16. The van der Waals surface area contributed by atoms with E-state index < -0.39 is 0 Å². The molecule has 0 atom stereocenters. The minimum Gasteiger partial charge on any atom is -0.494 e. The standard InChI is InChI=1S/C16H21ClN2O/c1-5-8-18-13-9-12(10(2)3)19-16-14(20-4)7-6-11(17)15(13)16/h6-7,9-10H,5,8H2,1-4H3,(H,18,19). The van der Waals surface area contributed by atoms with Gasteiger partial charge in [-0.25, -0.2) is 4.98 Å². The fourth-order valence-electron chi connectivity index (χ4n) is 2.16. The zero-order chi connectivity index (χ0) is 14.7. The van der Waals surface area contributed by atoms with Gasteiger partial charge in [0.15, 0.2) is 0 Å². The molecule has 0 aliphatic carbocycles. The molecule has 0 amide bonds. The smallest absolute Gasteiger partial charge is 0.145 e. The zero-order valence-electron chi connectivity index (χ0n) is 12.5. The SMILES string of the molecule is CCCNc1cc(C(C)C)nc2c(OC)ccc(Cl)c12. The number of ether oxygens (including phenoxy) is 1. The molecule has 3 nitrogen and oxygen atoms in total. The minimum atomic E-state index is 0.352. The summed E-state index contributed by atoms with van der Waals surface area (Å²) in [7, 11) is 1.66. The number of nitrogens with one attached hydrogen (secondary N) is 1. The Morgan fingerprint density at radius 3 is 2.70 bits per heavy atom. The molecule has 1 aromatic heterocycles. The van der Waals surface area contributed by atoms with Crippen molar-refractivity contribution >= 4 is 28.2 Å². The first kappa shape index (κ1) is 14.9. The molecular weight excluding hydrogens is 272 g/mol. The lowest BCUT2D eigenvalue weighted by Crippen LogP contribution is -2.04. The average Bonchev–Trinajstić information content (AvgIpc) is 2.44. The van der Waals surface area contributed by atoms with Gasteiger partial charge in [0.2, 0.25) is 0 Å². The summed E-state index contributed by atoms with van der Waals surface area (Å²) in [6.07, 6.45) is 1.06. The van der Waals surface area contributed by atoms with Gasteiger partial charge >= 0.3 is 0 Å². The quantitative estimate of drug-likeness (QED) is 0.856. The van der Waals surface area contributed by atoms with E-state index in [9.17, 15) is 0 Å².